The Bertz CT molecular complexity index is 304. The van der Waals surface area contributed by atoms with E-state index in [0.29, 0.717) is 5.02 Å². The van der Waals surface area contributed by atoms with Crippen LogP contribution >= 0.6 is 11.6 Å². The molecule has 0 aliphatic carbocycles. The minimum atomic E-state index is -0.730. The molecule has 0 aromatic heterocycles. The molecule has 5 heteroatoms. The SMILES string of the molecule is NC(=O)NOCc1ccccc1Cl. The molecule has 13 heavy (non-hydrogen) atoms. The molecule has 4 nitrogen and oxygen atoms in total. The molecule has 0 radical (unpaired) electrons. The fraction of sp³-hybridized carbons (Fsp3) is 0.125. The summed E-state index contributed by atoms with van der Waals surface area (Å²) in [5, 5.41) is 0.591. The molecule has 0 unspecified atom stereocenters. The molecule has 0 atom stereocenters. The lowest BCUT2D eigenvalue weighted by atomic mass is 10.2. The number of hydrogen-bond donors (Lipinski definition) is 2. The third-order valence-electron chi connectivity index (χ3n) is 1.36. The third-order valence-corrected chi connectivity index (χ3v) is 1.73. The summed E-state index contributed by atoms with van der Waals surface area (Å²) in [6, 6.07) is 6.45. The van der Waals surface area contributed by atoms with E-state index in [-0.39, 0.29) is 6.61 Å². The lowest BCUT2D eigenvalue weighted by Gasteiger charge is -2.04. The van der Waals surface area contributed by atoms with Crippen LogP contribution < -0.4 is 11.2 Å². The molecule has 0 aliphatic rings. The molecule has 0 saturated carbocycles. The maximum Gasteiger partial charge on any atom is 0.336 e. The summed E-state index contributed by atoms with van der Waals surface area (Å²) in [4.78, 5) is 15.0. The Morgan fingerprint density at radius 3 is 2.85 bits per heavy atom. The zero-order valence-electron chi connectivity index (χ0n) is 6.79. The van der Waals surface area contributed by atoms with Crippen LogP contribution in [0.3, 0.4) is 0 Å². The standard InChI is InChI=1S/C8H9ClN2O2/c9-7-4-2-1-3-6(7)5-13-11-8(10)12/h1-4H,5H2,(H3,10,11,12). The van der Waals surface area contributed by atoms with E-state index >= 15 is 0 Å². The number of carbonyl (C=O) groups is 1. The molecule has 0 heterocycles. The van der Waals surface area contributed by atoms with Crippen LogP contribution in [0.15, 0.2) is 24.3 Å². The molecular weight excluding hydrogens is 192 g/mol. The lowest BCUT2D eigenvalue weighted by Crippen LogP contribution is -2.29. The van der Waals surface area contributed by atoms with Crippen molar-refractivity contribution in [2.75, 3.05) is 0 Å². The van der Waals surface area contributed by atoms with Gasteiger partial charge in [0.25, 0.3) is 0 Å². The van der Waals surface area contributed by atoms with Gasteiger partial charge in [0.2, 0.25) is 0 Å². The van der Waals surface area contributed by atoms with Gasteiger partial charge in [0.15, 0.2) is 0 Å². The molecule has 0 spiro atoms. The van der Waals surface area contributed by atoms with Crippen molar-refractivity contribution in [1.29, 1.82) is 0 Å². The molecular formula is C8H9ClN2O2. The number of primary amides is 1. The van der Waals surface area contributed by atoms with E-state index < -0.39 is 6.03 Å². The second kappa shape index (κ2) is 4.69. The van der Waals surface area contributed by atoms with Gasteiger partial charge in [0, 0.05) is 5.02 Å². The van der Waals surface area contributed by atoms with Crippen molar-refractivity contribution in [3.05, 3.63) is 34.9 Å². The van der Waals surface area contributed by atoms with Crippen LogP contribution in [-0.4, -0.2) is 6.03 Å². The van der Waals surface area contributed by atoms with Gasteiger partial charge in [-0.05, 0) is 11.6 Å². The van der Waals surface area contributed by atoms with E-state index in [9.17, 15) is 4.79 Å². The first-order chi connectivity index (χ1) is 6.20. The number of nitrogens with two attached hydrogens (primary N) is 1. The highest BCUT2D eigenvalue weighted by Crippen LogP contribution is 2.14. The molecule has 1 aromatic rings. The molecule has 70 valence electrons. The maximum absolute atomic E-state index is 10.2. The van der Waals surface area contributed by atoms with Crippen molar-refractivity contribution >= 4 is 17.6 Å². The van der Waals surface area contributed by atoms with Crippen LogP contribution in [0.1, 0.15) is 5.56 Å². The topological polar surface area (TPSA) is 64.4 Å². The highest BCUT2D eigenvalue weighted by atomic mass is 35.5. The van der Waals surface area contributed by atoms with Crippen LogP contribution in [0.4, 0.5) is 4.79 Å². The van der Waals surface area contributed by atoms with Crippen molar-refractivity contribution in [3.8, 4) is 0 Å². The van der Waals surface area contributed by atoms with Gasteiger partial charge in [-0.3, -0.25) is 4.84 Å². The Hall–Kier alpha value is -1.26. The first-order valence-corrected chi connectivity index (χ1v) is 3.98. The monoisotopic (exact) mass is 200 g/mol. The van der Waals surface area contributed by atoms with Gasteiger partial charge >= 0.3 is 6.03 Å². The number of benzene rings is 1. The summed E-state index contributed by atoms with van der Waals surface area (Å²) in [6.07, 6.45) is 0. The number of carbonyl (C=O) groups excluding carboxylic acids is 1. The van der Waals surface area contributed by atoms with Crippen LogP contribution in [0, 0.1) is 0 Å². The van der Waals surface area contributed by atoms with Gasteiger partial charge in [-0.1, -0.05) is 29.8 Å². The number of rotatable bonds is 3. The minimum absolute atomic E-state index is 0.197. The fourth-order valence-corrected chi connectivity index (χ4v) is 0.991. The van der Waals surface area contributed by atoms with Crippen LogP contribution in [0.25, 0.3) is 0 Å². The minimum Gasteiger partial charge on any atom is -0.350 e. The van der Waals surface area contributed by atoms with E-state index in [0.717, 1.165) is 5.56 Å². The molecule has 1 aromatic carbocycles. The molecule has 0 bridgehead atoms. The van der Waals surface area contributed by atoms with Gasteiger partial charge in [0.1, 0.15) is 6.61 Å². The highest BCUT2D eigenvalue weighted by Gasteiger charge is 1.99. The Morgan fingerprint density at radius 1 is 1.54 bits per heavy atom. The van der Waals surface area contributed by atoms with Gasteiger partial charge in [-0.25, -0.2) is 10.3 Å². The lowest BCUT2D eigenvalue weighted by molar-refractivity contribution is 0.0521. The van der Waals surface area contributed by atoms with Crippen molar-refractivity contribution < 1.29 is 9.63 Å². The Balaban J connectivity index is 2.45. The zero-order chi connectivity index (χ0) is 9.68. The fourth-order valence-electron chi connectivity index (χ4n) is 0.800. The Morgan fingerprint density at radius 2 is 2.23 bits per heavy atom. The first-order valence-electron chi connectivity index (χ1n) is 3.61. The largest absolute Gasteiger partial charge is 0.350 e. The summed E-state index contributed by atoms with van der Waals surface area (Å²) < 4.78 is 0. The summed E-state index contributed by atoms with van der Waals surface area (Å²) in [7, 11) is 0. The van der Waals surface area contributed by atoms with E-state index in [4.69, 9.17) is 22.2 Å². The number of nitrogens with one attached hydrogen (secondary N) is 1. The van der Waals surface area contributed by atoms with Gasteiger partial charge in [-0.2, -0.15) is 0 Å². The number of urea groups is 1. The van der Waals surface area contributed by atoms with E-state index in [1.54, 1.807) is 12.1 Å². The summed E-state index contributed by atoms with van der Waals surface area (Å²) in [5.41, 5.74) is 7.58. The zero-order valence-corrected chi connectivity index (χ0v) is 7.54. The number of halogens is 1. The second-order valence-corrected chi connectivity index (χ2v) is 2.75. The summed E-state index contributed by atoms with van der Waals surface area (Å²) in [5.74, 6) is 0. The summed E-state index contributed by atoms with van der Waals surface area (Å²) >= 11 is 5.82. The Labute approximate surface area is 80.6 Å². The van der Waals surface area contributed by atoms with Crippen LogP contribution in [0.2, 0.25) is 5.02 Å². The molecule has 3 N–H and O–H groups in total. The predicted molar refractivity (Wildman–Crippen MR) is 49.0 cm³/mol. The van der Waals surface area contributed by atoms with Crippen molar-refractivity contribution in [1.82, 2.24) is 5.48 Å². The molecule has 0 fully saturated rings. The maximum atomic E-state index is 10.2. The predicted octanol–water partition coefficient (Wildman–Crippen LogP) is 1.44. The average molecular weight is 201 g/mol. The van der Waals surface area contributed by atoms with Gasteiger partial charge in [0.05, 0.1) is 0 Å². The van der Waals surface area contributed by atoms with E-state index in [1.807, 2.05) is 17.6 Å². The normalized spacial score (nSPS) is 9.62. The first kappa shape index (κ1) is 9.83. The van der Waals surface area contributed by atoms with Crippen LogP contribution in [-0.2, 0) is 11.4 Å². The average Bonchev–Trinajstić information content (AvgIpc) is 2.08. The van der Waals surface area contributed by atoms with E-state index in [1.165, 1.54) is 0 Å². The number of hydrogen-bond acceptors (Lipinski definition) is 2. The van der Waals surface area contributed by atoms with Crippen molar-refractivity contribution in [2.24, 2.45) is 5.73 Å². The summed E-state index contributed by atoms with van der Waals surface area (Å²) in [6.45, 7) is 0.197. The van der Waals surface area contributed by atoms with Gasteiger partial charge < -0.3 is 5.73 Å². The molecule has 1 rings (SSSR count). The third kappa shape index (κ3) is 3.31. The Kier molecular flexibility index (Phi) is 3.54. The number of hydroxylamine groups is 1. The van der Waals surface area contributed by atoms with Crippen molar-refractivity contribution in [3.63, 3.8) is 0 Å². The van der Waals surface area contributed by atoms with Crippen molar-refractivity contribution in [2.45, 2.75) is 6.61 Å². The van der Waals surface area contributed by atoms with E-state index in [2.05, 4.69) is 0 Å². The molecule has 0 saturated heterocycles. The quantitative estimate of drug-likeness (QED) is 0.726. The second-order valence-electron chi connectivity index (χ2n) is 2.35. The smallest absolute Gasteiger partial charge is 0.336 e. The van der Waals surface area contributed by atoms with Gasteiger partial charge in [-0.15, -0.1) is 0 Å². The number of amides is 2. The highest BCUT2D eigenvalue weighted by molar-refractivity contribution is 6.31. The molecule has 0 aliphatic heterocycles. The molecule has 2 amide bonds. The van der Waals surface area contributed by atoms with Crippen LogP contribution in [0.5, 0.6) is 0 Å².